The van der Waals surface area contributed by atoms with E-state index in [4.69, 9.17) is 9.47 Å². The molecule has 0 aromatic rings. The topological polar surface area (TPSA) is 113 Å². The first kappa shape index (κ1) is 49.0. The number of carbonyl (C=O) groups excluding carboxylic acids is 2. The molecule has 2 unspecified atom stereocenters. The summed E-state index contributed by atoms with van der Waals surface area (Å²) in [6.45, 7) is 4.04. The third kappa shape index (κ3) is 37.6. The van der Waals surface area contributed by atoms with Crippen LogP contribution < -0.4 is 0 Å². The number of ether oxygens (including phenoxy) is 2. The highest BCUT2D eigenvalue weighted by Gasteiger charge is 2.16. The van der Waals surface area contributed by atoms with Crippen molar-refractivity contribution in [1.29, 1.82) is 0 Å². The fourth-order valence-corrected chi connectivity index (χ4v) is 5.95. The lowest BCUT2D eigenvalue weighted by Crippen LogP contribution is -2.26. The van der Waals surface area contributed by atoms with Gasteiger partial charge in [-0.05, 0) is 51.4 Å². The van der Waals surface area contributed by atoms with Gasteiger partial charge in [0.05, 0.1) is 12.2 Å². The smallest absolute Gasteiger partial charge is 0.305 e. The zero-order valence-corrected chi connectivity index (χ0v) is 33.1. The van der Waals surface area contributed by atoms with E-state index >= 15 is 0 Å². The van der Waals surface area contributed by atoms with Crippen LogP contribution >= 0.6 is 0 Å². The monoisotopic (exact) mass is 721 g/mol. The fourth-order valence-electron chi connectivity index (χ4n) is 5.95. The fraction of sp³-hybridized carbons (Fsp3) is 0.818. The summed E-state index contributed by atoms with van der Waals surface area (Å²) in [7, 11) is 0. The summed E-state index contributed by atoms with van der Waals surface area (Å²) < 4.78 is 10.2. The summed E-state index contributed by atoms with van der Waals surface area (Å²) in [6, 6.07) is 0. The Bertz CT molecular complexity index is 852. The molecule has 0 amide bonds. The van der Waals surface area contributed by atoms with Gasteiger partial charge in [0.25, 0.3) is 0 Å². The maximum Gasteiger partial charge on any atom is 0.305 e. The second-order valence-corrected chi connectivity index (χ2v) is 14.4. The van der Waals surface area contributed by atoms with Crippen molar-refractivity contribution >= 4 is 11.9 Å². The van der Waals surface area contributed by atoms with Gasteiger partial charge in [-0.1, -0.05) is 172 Å². The molecule has 7 nitrogen and oxygen atoms in total. The highest BCUT2D eigenvalue weighted by molar-refractivity contribution is 5.69. The number of carbonyl (C=O) groups is 2. The maximum absolute atomic E-state index is 12.0. The molecule has 0 spiro atoms. The van der Waals surface area contributed by atoms with E-state index in [0.717, 1.165) is 38.5 Å². The molecule has 0 aromatic carbocycles. The minimum Gasteiger partial charge on any atom is -0.463 e. The highest BCUT2D eigenvalue weighted by Crippen LogP contribution is 2.15. The number of esters is 2. The summed E-state index contributed by atoms with van der Waals surface area (Å²) in [5, 5.41) is 30.4. The Balaban J connectivity index is 3.63. The van der Waals surface area contributed by atoms with Crippen molar-refractivity contribution in [3.63, 3.8) is 0 Å². The average Bonchev–Trinajstić information content (AvgIpc) is 3.12. The second-order valence-electron chi connectivity index (χ2n) is 14.4. The van der Waals surface area contributed by atoms with Gasteiger partial charge in [-0.15, -0.1) is 0 Å². The van der Waals surface area contributed by atoms with E-state index in [1.165, 1.54) is 116 Å². The van der Waals surface area contributed by atoms with Crippen LogP contribution in [-0.2, 0) is 19.1 Å². The molecule has 51 heavy (non-hydrogen) atoms. The Morgan fingerprint density at radius 1 is 0.471 bits per heavy atom. The van der Waals surface area contributed by atoms with Crippen LogP contribution in [0.4, 0.5) is 0 Å². The van der Waals surface area contributed by atoms with E-state index in [2.05, 4.69) is 38.2 Å². The molecule has 0 saturated carbocycles. The number of hydrogen-bond donors (Lipinski definition) is 3. The summed E-state index contributed by atoms with van der Waals surface area (Å²) in [4.78, 5) is 24.0. The quantitative estimate of drug-likeness (QED) is 0.0330. The molecule has 298 valence electrons. The van der Waals surface area contributed by atoms with Gasteiger partial charge in [0.2, 0.25) is 0 Å². The molecule has 0 radical (unpaired) electrons. The summed E-state index contributed by atoms with van der Waals surface area (Å²) in [6.07, 6.45) is 41.0. The van der Waals surface area contributed by atoms with E-state index in [-0.39, 0.29) is 32.0 Å². The number of rotatable bonds is 38. The van der Waals surface area contributed by atoms with Gasteiger partial charge in [0.1, 0.15) is 19.3 Å². The number of aliphatic hydroxyl groups is 3. The molecule has 0 fully saturated rings. The van der Waals surface area contributed by atoms with E-state index < -0.39 is 24.3 Å². The Kier molecular flexibility index (Phi) is 37.7. The molecule has 0 rings (SSSR count). The van der Waals surface area contributed by atoms with Crippen molar-refractivity contribution in [2.24, 2.45) is 0 Å². The predicted octanol–water partition coefficient (Wildman–Crippen LogP) is 11.2. The highest BCUT2D eigenvalue weighted by atomic mass is 16.6. The normalized spacial score (nSPS) is 13.7. The van der Waals surface area contributed by atoms with Crippen LogP contribution in [0.25, 0.3) is 0 Å². The van der Waals surface area contributed by atoms with Gasteiger partial charge in [-0.25, -0.2) is 0 Å². The summed E-state index contributed by atoms with van der Waals surface area (Å²) in [5.74, 6) is -0.833. The molecule has 0 aromatic heterocycles. The predicted molar refractivity (Wildman–Crippen MR) is 213 cm³/mol. The largest absolute Gasteiger partial charge is 0.463 e. The zero-order valence-electron chi connectivity index (χ0n) is 33.1. The van der Waals surface area contributed by atoms with Crippen LogP contribution in [0.5, 0.6) is 0 Å². The lowest BCUT2D eigenvalue weighted by atomic mass is 10.0. The van der Waals surface area contributed by atoms with Crippen molar-refractivity contribution < 1.29 is 34.4 Å². The molecule has 0 saturated heterocycles. The van der Waals surface area contributed by atoms with Crippen LogP contribution in [0.3, 0.4) is 0 Å². The van der Waals surface area contributed by atoms with Crippen LogP contribution in [0.2, 0.25) is 0 Å². The number of unbranched alkanes of at least 4 members (excludes halogenated alkanes) is 20. The van der Waals surface area contributed by atoms with Crippen LogP contribution in [0, 0.1) is 0 Å². The molecular formula is C44H80O7. The Labute approximate surface area is 313 Å². The first-order chi connectivity index (χ1) is 24.9. The maximum atomic E-state index is 12.0. The van der Waals surface area contributed by atoms with Gasteiger partial charge in [-0.2, -0.15) is 0 Å². The van der Waals surface area contributed by atoms with Crippen LogP contribution in [0.1, 0.15) is 200 Å². The molecule has 0 aliphatic carbocycles. The number of hydrogen-bond acceptors (Lipinski definition) is 7. The molecule has 0 aliphatic heterocycles. The molecule has 0 heterocycles. The number of aliphatic hydroxyl groups excluding tert-OH is 3. The van der Waals surface area contributed by atoms with E-state index in [9.17, 15) is 24.9 Å². The van der Waals surface area contributed by atoms with Crippen molar-refractivity contribution in [3.8, 4) is 0 Å². The van der Waals surface area contributed by atoms with Crippen molar-refractivity contribution in [2.75, 3.05) is 13.2 Å². The van der Waals surface area contributed by atoms with Gasteiger partial charge in [0, 0.05) is 12.8 Å². The molecule has 3 atom stereocenters. The van der Waals surface area contributed by atoms with E-state index in [1.807, 2.05) is 12.2 Å². The van der Waals surface area contributed by atoms with Gasteiger partial charge in [0.15, 0.2) is 0 Å². The summed E-state index contributed by atoms with van der Waals surface area (Å²) >= 11 is 0. The zero-order chi connectivity index (χ0) is 37.5. The Morgan fingerprint density at radius 2 is 0.863 bits per heavy atom. The van der Waals surface area contributed by atoms with Gasteiger partial charge in [-0.3, -0.25) is 9.59 Å². The second kappa shape index (κ2) is 39.3. The third-order valence-corrected chi connectivity index (χ3v) is 9.33. The standard InChI is InChI=1S/C44H80O7/c1-3-5-7-9-11-13-15-17-18-19-20-21-22-24-26-28-30-32-36-43(48)50-38-40(45)39-51-44(49)37-33-35-42(47)41(46)34-31-29-27-25-23-16-14-12-10-8-6-4-2/h12,14,23,25,29,31,40-42,45-47H,3-11,13,15-22,24,26-28,30,32-39H2,1-2H3/b14-12-,25-23-,31-29-/t40-,41?,42?/m0/s1. The molecule has 7 heteroatoms. The first-order valence-corrected chi connectivity index (χ1v) is 21.2. The third-order valence-electron chi connectivity index (χ3n) is 9.33. The SMILES string of the molecule is CCCCC/C=C\C/C=C\C/C=C\CC(O)C(O)CCCC(=O)OC[C@@H](O)COC(=O)CCCCCCCCCCCCCCCCCCCC. The van der Waals surface area contributed by atoms with E-state index in [1.54, 1.807) is 0 Å². The number of allylic oxidation sites excluding steroid dienone is 5. The lowest BCUT2D eigenvalue weighted by molar-refractivity contribution is -0.152. The molecule has 3 N–H and O–H groups in total. The Morgan fingerprint density at radius 3 is 1.35 bits per heavy atom. The van der Waals surface area contributed by atoms with Crippen molar-refractivity contribution in [2.45, 2.75) is 218 Å². The first-order valence-electron chi connectivity index (χ1n) is 21.2. The van der Waals surface area contributed by atoms with E-state index in [0.29, 0.717) is 19.3 Å². The van der Waals surface area contributed by atoms with Gasteiger partial charge < -0.3 is 24.8 Å². The average molecular weight is 721 g/mol. The van der Waals surface area contributed by atoms with Crippen LogP contribution in [0.15, 0.2) is 36.5 Å². The van der Waals surface area contributed by atoms with Crippen molar-refractivity contribution in [3.05, 3.63) is 36.5 Å². The minimum atomic E-state index is -1.07. The molecular weight excluding hydrogens is 640 g/mol. The van der Waals surface area contributed by atoms with Crippen LogP contribution in [-0.4, -0.2) is 58.8 Å². The lowest BCUT2D eigenvalue weighted by Gasteiger charge is -2.16. The van der Waals surface area contributed by atoms with Crippen molar-refractivity contribution in [1.82, 2.24) is 0 Å². The van der Waals surface area contributed by atoms with Gasteiger partial charge >= 0.3 is 11.9 Å². The molecule has 0 aliphatic rings. The summed E-state index contributed by atoms with van der Waals surface area (Å²) in [5.41, 5.74) is 0. The molecule has 0 bridgehead atoms. The minimum absolute atomic E-state index is 0.0727. The Hall–Kier alpha value is -1.96.